The fourth-order valence-corrected chi connectivity index (χ4v) is 4.88. The summed E-state index contributed by atoms with van der Waals surface area (Å²) in [6, 6.07) is 14.0. The lowest BCUT2D eigenvalue weighted by molar-refractivity contribution is 0.102. The Labute approximate surface area is 219 Å². The molecule has 184 valence electrons. The van der Waals surface area contributed by atoms with Crippen LogP contribution in [0.25, 0.3) is 22.0 Å². The Bertz CT molecular complexity index is 1470. The Morgan fingerprint density at radius 2 is 1.86 bits per heavy atom. The van der Waals surface area contributed by atoms with Crippen LogP contribution < -0.4 is 15.1 Å². The van der Waals surface area contributed by atoms with E-state index in [0.29, 0.717) is 10.7 Å². The summed E-state index contributed by atoms with van der Waals surface area (Å²) in [5, 5.41) is 13.3. The van der Waals surface area contributed by atoms with E-state index in [2.05, 4.69) is 52.4 Å². The van der Waals surface area contributed by atoms with Gasteiger partial charge in [0.25, 0.3) is 5.91 Å². The van der Waals surface area contributed by atoms with Crippen LogP contribution in [0.1, 0.15) is 11.8 Å². The van der Waals surface area contributed by atoms with Crippen LogP contribution in [-0.4, -0.2) is 57.2 Å². The van der Waals surface area contributed by atoms with E-state index < -0.39 is 0 Å². The Morgan fingerprint density at radius 3 is 2.64 bits per heavy atom. The molecule has 11 heteroatoms. The molecule has 0 bridgehead atoms. The number of amides is 1. The van der Waals surface area contributed by atoms with E-state index in [0.717, 1.165) is 59.7 Å². The summed E-state index contributed by atoms with van der Waals surface area (Å²) in [6.45, 7) is 3.28. The van der Waals surface area contributed by atoms with E-state index in [1.165, 1.54) is 11.3 Å². The Balaban J connectivity index is 0.00000160. The van der Waals surface area contributed by atoms with Crippen molar-refractivity contribution in [2.45, 2.75) is 0 Å². The first-order valence-electron chi connectivity index (χ1n) is 11.3. The molecule has 0 saturated carbocycles. The van der Waals surface area contributed by atoms with Crippen molar-refractivity contribution in [2.75, 3.05) is 41.3 Å². The predicted octanol–water partition coefficient (Wildman–Crippen LogP) is 4.59. The third-order valence-corrected chi connectivity index (χ3v) is 6.84. The van der Waals surface area contributed by atoms with Crippen molar-refractivity contribution in [3.63, 3.8) is 0 Å². The number of benzene rings is 2. The molecule has 4 heterocycles. The first-order chi connectivity index (χ1) is 17.2. The maximum Gasteiger partial charge on any atom is 0.257 e. The summed E-state index contributed by atoms with van der Waals surface area (Å²) in [4.78, 5) is 30.5. The van der Waals surface area contributed by atoms with E-state index in [1.807, 2.05) is 48.1 Å². The average molecular weight is 520 g/mol. The summed E-state index contributed by atoms with van der Waals surface area (Å²) >= 11 is 1.40. The molecule has 6 rings (SSSR count). The lowest BCUT2D eigenvalue weighted by Gasteiger charge is -2.37. The molecule has 0 unspecified atom stereocenters. The molecule has 3 aromatic heterocycles. The molecule has 2 N–H and O–H groups in total. The number of rotatable bonds is 5. The average Bonchev–Trinajstić information content (AvgIpc) is 3.63. The molecule has 2 aromatic carbocycles. The van der Waals surface area contributed by atoms with E-state index in [-0.39, 0.29) is 19.7 Å². The number of carbonyl (C=O) groups is 1. The minimum absolute atomic E-state index is 0. The summed E-state index contributed by atoms with van der Waals surface area (Å²) in [7, 11) is 0. The topological polar surface area (TPSA) is 103 Å². The molecule has 1 fully saturated rings. The standard InChI is InChI=1S/C25H22N8OS.ClH.H/c34-24(31-25-26-6-11-35-25)18-2-1-3-20(12-18)32-7-9-33(10-8-32)23-21-13-17(19-14-29-30-15-19)4-5-22(21)27-16-28-23;;/h1-6,11-16H,7-10H2,(H,29,30)(H,26,31,34);1H;/q;;-1. The second-order valence-electron chi connectivity index (χ2n) is 8.23. The highest BCUT2D eigenvalue weighted by Gasteiger charge is 2.21. The minimum Gasteiger partial charge on any atom is -1.00 e. The van der Waals surface area contributed by atoms with Gasteiger partial charge >= 0.3 is 0 Å². The number of hydrogen-bond acceptors (Lipinski definition) is 8. The van der Waals surface area contributed by atoms with Crippen LogP contribution in [0.15, 0.2) is 72.8 Å². The van der Waals surface area contributed by atoms with E-state index >= 15 is 0 Å². The van der Waals surface area contributed by atoms with Crippen molar-refractivity contribution in [1.29, 1.82) is 0 Å². The van der Waals surface area contributed by atoms with Crippen LogP contribution in [0, 0.1) is 0 Å². The molecule has 1 saturated heterocycles. The lowest BCUT2D eigenvalue weighted by atomic mass is 10.1. The molecule has 1 aliphatic heterocycles. The van der Waals surface area contributed by atoms with Crippen LogP contribution in [-0.2, 0) is 0 Å². The molecule has 5 aromatic rings. The number of fused-ring (bicyclic) bond motifs is 1. The zero-order valence-electron chi connectivity index (χ0n) is 20.2. The molecule has 0 atom stereocenters. The number of thiazole rings is 1. The van der Waals surface area contributed by atoms with Gasteiger partial charge in [0.15, 0.2) is 5.13 Å². The van der Waals surface area contributed by atoms with Gasteiger partial charge in [0.2, 0.25) is 0 Å². The SMILES string of the molecule is Cl.O=C(Nc1nccs1)c1cccc(N2CCN(c3ncnc4ccc(-c5cn[nH]c5)cc34)CC2)c1.[H-]. The second kappa shape index (κ2) is 10.3. The van der Waals surface area contributed by atoms with Gasteiger partial charge in [-0.15, -0.1) is 23.7 Å². The fourth-order valence-electron chi connectivity index (χ4n) is 4.36. The third kappa shape index (κ3) is 4.73. The third-order valence-electron chi connectivity index (χ3n) is 6.15. The summed E-state index contributed by atoms with van der Waals surface area (Å²) < 4.78 is 0. The van der Waals surface area contributed by atoms with Crippen LogP contribution >= 0.6 is 23.7 Å². The maximum atomic E-state index is 12.6. The number of hydrogen-bond donors (Lipinski definition) is 2. The van der Waals surface area contributed by atoms with Gasteiger partial charge in [-0.05, 0) is 35.9 Å². The number of aromatic nitrogens is 5. The van der Waals surface area contributed by atoms with Gasteiger partial charge in [0, 0.05) is 66.2 Å². The molecule has 1 aliphatic rings. The smallest absolute Gasteiger partial charge is 0.257 e. The second-order valence-corrected chi connectivity index (χ2v) is 9.13. The van der Waals surface area contributed by atoms with Gasteiger partial charge in [-0.25, -0.2) is 15.0 Å². The minimum atomic E-state index is -0.152. The number of anilines is 3. The molecule has 9 nitrogen and oxygen atoms in total. The van der Waals surface area contributed by atoms with E-state index in [9.17, 15) is 4.79 Å². The summed E-state index contributed by atoms with van der Waals surface area (Å²) in [5.74, 6) is 0.790. The number of nitrogens with one attached hydrogen (secondary N) is 2. The molecule has 1 amide bonds. The Kier molecular flexibility index (Phi) is 6.79. The van der Waals surface area contributed by atoms with Gasteiger partial charge in [-0.2, -0.15) is 5.10 Å². The lowest BCUT2D eigenvalue weighted by Crippen LogP contribution is -2.47. The normalized spacial score (nSPS) is 13.4. The van der Waals surface area contributed by atoms with Crippen molar-refractivity contribution in [3.8, 4) is 11.1 Å². The highest BCUT2D eigenvalue weighted by Crippen LogP contribution is 2.29. The highest BCUT2D eigenvalue weighted by molar-refractivity contribution is 7.13. The fraction of sp³-hybridized carbons (Fsp3) is 0.160. The van der Waals surface area contributed by atoms with Crippen molar-refractivity contribution >= 4 is 57.2 Å². The summed E-state index contributed by atoms with van der Waals surface area (Å²) in [5.41, 5.74) is 4.68. The highest BCUT2D eigenvalue weighted by atomic mass is 35.5. The van der Waals surface area contributed by atoms with Crippen LogP contribution in [0.5, 0.6) is 0 Å². The number of H-pyrrole nitrogens is 1. The predicted molar refractivity (Wildman–Crippen MR) is 146 cm³/mol. The molecular weight excluding hydrogens is 496 g/mol. The molecule has 36 heavy (non-hydrogen) atoms. The van der Waals surface area contributed by atoms with E-state index in [1.54, 1.807) is 12.5 Å². The van der Waals surface area contributed by atoms with Crippen LogP contribution in [0.4, 0.5) is 16.6 Å². The number of aromatic amines is 1. The molecule has 0 spiro atoms. The van der Waals surface area contributed by atoms with Gasteiger partial charge in [0.1, 0.15) is 12.1 Å². The zero-order valence-corrected chi connectivity index (χ0v) is 20.8. The van der Waals surface area contributed by atoms with Crippen molar-refractivity contribution in [3.05, 3.63) is 78.3 Å². The van der Waals surface area contributed by atoms with Crippen LogP contribution in [0.3, 0.4) is 0 Å². The van der Waals surface area contributed by atoms with Gasteiger partial charge in [-0.3, -0.25) is 15.2 Å². The Morgan fingerprint density at radius 1 is 1.00 bits per heavy atom. The first kappa shape index (κ1) is 23.7. The van der Waals surface area contributed by atoms with Crippen molar-refractivity contribution in [2.24, 2.45) is 0 Å². The number of nitrogens with zero attached hydrogens (tertiary/aromatic N) is 6. The van der Waals surface area contributed by atoms with Gasteiger partial charge in [0.05, 0.1) is 11.7 Å². The van der Waals surface area contributed by atoms with Crippen LogP contribution in [0.2, 0.25) is 0 Å². The van der Waals surface area contributed by atoms with Crippen molar-refractivity contribution in [1.82, 2.24) is 25.1 Å². The van der Waals surface area contributed by atoms with Gasteiger partial charge in [-0.1, -0.05) is 12.1 Å². The number of piperazine rings is 1. The van der Waals surface area contributed by atoms with E-state index in [4.69, 9.17) is 0 Å². The molecule has 0 radical (unpaired) electrons. The largest absolute Gasteiger partial charge is 1.00 e. The van der Waals surface area contributed by atoms with Gasteiger partial charge < -0.3 is 11.2 Å². The molecule has 0 aliphatic carbocycles. The Hall–Kier alpha value is -4.02. The first-order valence-corrected chi connectivity index (χ1v) is 12.2. The monoisotopic (exact) mass is 519 g/mol. The summed E-state index contributed by atoms with van der Waals surface area (Å²) in [6.07, 6.45) is 7.00. The van der Waals surface area contributed by atoms with Crippen molar-refractivity contribution < 1.29 is 6.22 Å². The zero-order chi connectivity index (χ0) is 23.6. The number of carbonyl (C=O) groups excluding carboxylic acids is 1. The number of halogens is 1. The maximum absolute atomic E-state index is 12.6. The quantitative estimate of drug-likeness (QED) is 0.350. The molecular formula is C25H24ClN8OS-.